The SMILES string of the molecule is Cc1nc(C(NC(C)C)c2nc(C(C)C)cs2)cs1. The molecule has 2 aromatic heterocycles. The second-order valence-corrected chi connectivity index (χ2v) is 7.26. The molecule has 0 aliphatic heterocycles. The first-order chi connectivity index (χ1) is 8.97. The summed E-state index contributed by atoms with van der Waals surface area (Å²) in [5.74, 6) is 0.474. The minimum atomic E-state index is 0.113. The Hall–Kier alpha value is -0.780. The van der Waals surface area contributed by atoms with Crippen LogP contribution in [0.4, 0.5) is 0 Å². The van der Waals surface area contributed by atoms with Gasteiger partial charge in [-0.25, -0.2) is 9.97 Å². The quantitative estimate of drug-likeness (QED) is 0.901. The molecule has 0 aromatic carbocycles. The van der Waals surface area contributed by atoms with Crippen LogP contribution in [-0.4, -0.2) is 16.0 Å². The molecule has 0 saturated heterocycles. The van der Waals surface area contributed by atoms with E-state index in [1.807, 2.05) is 6.92 Å². The van der Waals surface area contributed by atoms with Crippen LogP contribution in [0.5, 0.6) is 0 Å². The van der Waals surface area contributed by atoms with Gasteiger partial charge in [-0.2, -0.15) is 0 Å². The van der Waals surface area contributed by atoms with E-state index in [1.165, 1.54) is 5.69 Å². The molecular weight excluding hydrogens is 274 g/mol. The van der Waals surface area contributed by atoms with E-state index in [-0.39, 0.29) is 6.04 Å². The van der Waals surface area contributed by atoms with Gasteiger partial charge in [-0.15, -0.1) is 22.7 Å². The Bertz CT molecular complexity index is 528. The van der Waals surface area contributed by atoms with Crippen molar-refractivity contribution in [3.05, 3.63) is 32.2 Å². The van der Waals surface area contributed by atoms with Crippen LogP contribution in [0.25, 0.3) is 0 Å². The maximum Gasteiger partial charge on any atom is 0.116 e. The van der Waals surface area contributed by atoms with Gasteiger partial charge in [-0.05, 0) is 26.7 Å². The topological polar surface area (TPSA) is 37.8 Å². The Balaban J connectivity index is 2.31. The van der Waals surface area contributed by atoms with E-state index in [0.29, 0.717) is 12.0 Å². The summed E-state index contributed by atoms with van der Waals surface area (Å²) in [5.41, 5.74) is 2.25. The maximum absolute atomic E-state index is 4.77. The Morgan fingerprint density at radius 1 is 1.00 bits per heavy atom. The Morgan fingerprint density at radius 2 is 1.68 bits per heavy atom. The van der Waals surface area contributed by atoms with Crippen LogP contribution < -0.4 is 5.32 Å². The monoisotopic (exact) mass is 295 g/mol. The predicted octanol–water partition coefficient (Wildman–Crippen LogP) is 4.12. The van der Waals surface area contributed by atoms with Crippen LogP contribution in [0.2, 0.25) is 0 Å². The number of nitrogens with one attached hydrogen (secondary N) is 1. The molecule has 19 heavy (non-hydrogen) atoms. The summed E-state index contributed by atoms with van der Waals surface area (Å²) in [6.07, 6.45) is 0. The predicted molar refractivity (Wildman–Crippen MR) is 83.2 cm³/mol. The average molecular weight is 295 g/mol. The van der Waals surface area contributed by atoms with Crippen LogP contribution in [0.15, 0.2) is 10.8 Å². The molecule has 2 aromatic rings. The highest BCUT2D eigenvalue weighted by molar-refractivity contribution is 7.10. The van der Waals surface area contributed by atoms with Crippen molar-refractivity contribution in [1.82, 2.24) is 15.3 Å². The van der Waals surface area contributed by atoms with Crippen molar-refractivity contribution < 1.29 is 0 Å². The van der Waals surface area contributed by atoms with E-state index < -0.39 is 0 Å². The first kappa shape index (κ1) is 14.6. The van der Waals surface area contributed by atoms with Crippen molar-refractivity contribution in [2.75, 3.05) is 0 Å². The number of aromatic nitrogens is 2. The fourth-order valence-corrected chi connectivity index (χ4v) is 3.52. The summed E-state index contributed by atoms with van der Waals surface area (Å²) in [6.45, 7) is 10.7. The third kappa shape index (κ3) is 3.61. The van der Waals surface area contributed by atoms with Crippen molar-refractivity contribution >= 4 is 22.7 Å². The van der Waals surface area contributed by atoms with E-state index in [0.717, 1.165) is 15.7 Å². The summed E-state index contributed by atoms with van der Waals surface area (Å²) in [5, 5.41) is 10.1. The van der Waals surface area contributed by atoms with Gasteiger partial charge in [0.1, 0.15) is 11.0 Å². The number of hydrogen-bond acceptors (Lipinski definition) is 5. The van der Waals surface area contributed by atoms with E-state index in [4.69, 9.17) is 4.98 Å². The summed E-state index contributed by atoms with van der Waals surface area (Å²) in [4.78, 5) is 9.39. The molecule has 0 saturated carbocycles. The van der Waals surface area contributed by atoms with Crippen molar-refractivity contribution in [3.63, 3.8) is 0 Å². The highest BCUT2D eigenvalue weighted by Crippen LogP contribution is 2.28. The van der Waals surface area contributed by atoms with Crippen LogP contribution in [0.3, 0.4) is 0 Å². The van der Waals surface area contributed by atoms with Gasteiger partial charge in [0.2, 0.25) is 0 Å². The van der Waals surface area contributed by atoms with Crippen LogP contribution in [0.1, 0.15) is 61.1 Å². The van der Waals surface area contributed by atoms with E-state index in [2.05, 4.69) is 48.8 Å². The Morgan fingerprint density at radius 3 is 2.16 bits per heavy atom. The molecule has 1 atom stereocenters. The number of thiazole rings is 2. The minimum absolute atomic E-state index is 0.113. The molecule has 0 spiro atoms. The molecule has 1 unspecified atom stereocenters. The zero-order chi connectivity index (χ0) is 14.0. The molecule has 5 heteroatoms. The van der Waals surface area contributed by atoms with Gasteiger partial charge in [-0.1, -0.05) is 13.8 Å². The Kier molecular flexibility index (Phi) is 4.71. The molecule has 2 heterocycles. The first-order valence-corrected chi connectivity index (χ1v) is 8.36. The molecule has 0 aliphatic rings. The summed E-state index contributed by atoms with van der Waals surface area (Å²) >= 11 is 3.42. The highest BCUT2D eigenvalue weighted by Gasteiger charge is 2.21. The number of rotatable bonds is 5. The van der Waals surface area contributed by atoms with Gasteiger partial charge in [0, 0.05) is 16.8 Å². The molecule has 1 N–H and O–H groups in total. The normalized spacial score (nSPS) is 13.4. The van der Waals surface area contributed by atoms with E-state index in [9.17, 15) is 0 Å². The molecular formula is C14H21N3S2. The third-order valence-electron chi connectivity index (χ3n) is 2.81. The summed E-state index contributed by atoms with van der Waals surface area (Å²) in [7, 11) is 0. The minimum Gasteiger partial charge on any atom is -0.301 e. The second kappa shape index (κ2) is 6.11. The smallest absolute Gasteiger partial charge is 0.116 e. The lowest BCUT2D eigenvalue weighted by molar-refractivity contribution is 0.518. The van der Waals surface area contributed by atoms with Gasteiger partial charge in [-0.3, -0.25) is 0 Å². The number of hydrogen-bond donors (Lipinski definition) is 1. The van der Waals surface area contributed by atoms with Crippen LogP contribution in [-0.2, 0) is 0 Å². The van der Waals surface area contributed by atoms with Gasteiger partial charge in [0.05, 0.1) is 16.4 Å². The second-order valence-electron chi connectivity index (χ2n) is 5.31. The fourth-order valence-electron chi connectivity index (χ4n) is 1.83. The standard InChI is InChI=1S/C14H21N3S2/c1-8(2)11-6-19-14(17-11)13(15-9(3)4)12-7-18-10(5)16-12/h6-9,13,15H,1-5H3. The maximum atomic E-state index is 4.77. The van der Waals surface area contributed by atoms with Crippen molar-refractivity contribution in [2.24, 2.45) is 0 Å². The zero-order valence-electron chi connectivity index (χ0n) is 12.1. The third-order valence-corrected chi connectivity index (χ3v) is 4.53. The van der Waals surface area contributed by atoms with Crippen molar-refractivity contribution in [3.8, 4) is 0 Å². The lowest BCUT2D eigenvalue weighted by Gasteiger charge is -2.17. The average Bonchev–Trinajstić information content (AvgIpc) is 2.94. The van der Waals surface area contributed by atoms with Gasteiger partial charge < -0.3 is 5.32 Å². The molecule has 0 fully saturated rings. The van der Waals surface area contributed by atoms with E-state index in [1.54, 1.807) is 22.7 Å². The molecule has 0 radical (unpaired) electrons. The van der Waals surface area contributed by atoms with Crippen molar-refractivity contribution in [1.29, 1.82) is 0 Å². The summed E-state index contributed by atoms with van der Waals surface area (Å²) in [6, 6.07) is 0.515. The van der Waals surface area contributed by atoms with Crippen LogP contribution >= 0.6 is 22.7 Å². The number of nitrogens with zero attached hydrogens (tertiary/aromatic N) is 2. The lowest BCUT2D eigenvalue weighted by atomic mass is 10.1. The largest absolute Gasteiger partial charge is 0.301 e. The molecule has 0 bridgehead atoms. The van der Waals surface area contributed by atoms with Gasteiger partial charge in [0.25, 0.3) is 0 Å². The molecule has 0 amide bonds. The van der Waals surface area contributed by atoms with E-state index >= 15 is 0 Å². The molecule has 3 nitrogen and oxygen atoms in total. The molecule has 0 aliphatic carbocycles. The fraction of sp³-hybridized carbons (Fsp3) is 0.571. The first-order valence-electron chi connectivity index (χ1n) is 6.60. The highest BCUT2D eigenvalue weighted by atomic mass is 32.1. The zero-order valence-corrected chi connectivity index (χ0v) is 13.7. The lowest BCUT2D eigenvalue weighted by Crippen LogP contribution is -2.29. The van der Waals surface area contributed by atoms with Gasteiger partial charge in [0.15, 0.2) is 0 Å². The molecule has 2 rings (SSSR count). The summed E-state index contributed by atoms with van der Waals surface area (Å²) < 4.78 is 0. The van der Waals surface area contributed by atoms with Crippen molar-refractivity contribution in [2.45, 2.75) is 52.6 Å². The number of aryl methyl sites for hydroxylation is 1. The molecule has 104 valence electrons. The Labute approximate surface area is 123 Å². The van der Waals surface area contributed by atoms with Crippen LogP contribution in [0, 0.1) is 6.92 Å². The van der Waals surface area contributed by atoms with Gasteiger partial charge >= 0.3 is 0 Å².